The van der Waals surface area contributed by atoms with Crippen LogP contribution in [0.2, 0.25) is 5.02 Å². The molecule has 2 aromatic carbocycles. The van der Waals surface area contributed by atoms with Crippen LogP contribution in [0.5, 0.6) is 11.5 Å². The maximum absolute atomic E-state index is 11.0. The van der Waals surface area contributed by atoms with Crippen LogP contribution in [0, 0.1) is 0 Å². The summed E-state index contributed by atoms with van der Waals surface area (Å²) in [6, 6.07) is 14.3. The van der Waals surface area contributed by atoms with Gasteiger partial charge in [-0.15, -0.1) is 0 Å². The van der Waals surface area contributed by atoms with E-state index in [2.05, 4.69) is 17.0 Å². The summed E-state index contributed by atoms with van der Waals surface area (Å²) in [5.41, 5.74) is 7.53. The molecule has 0 bridgehead atoms. The first kappa shape index (κ1) is 21.5. The topological polar surface area (TPSA) is 64.8 Å². The van der Waals surface area contributed by atoms with Gasteiger partial charge in [-0.1, -0.05) is 48.7 Å². The molecule has 0 spiro atoms. The number of primary amides is 1. The largest absolute Gasteiger partial charge is 0.490 e. The molecule has 2 N–H and O–H groups in total. The number of carbonyl (C=O) groups is 1. The number of amides is 1. The zero-order valence-electron chi connectivity index (χ0n) is 16.9. The van der Waals surface area contributed by atoms with Gasteiger partial charge in [0.2, 0.25) is 0 Å². The molecule has 1 heterocycles. The monoisotopic (exact) mass is 416 g/mol. The summed E-state index contributed by atoms with van der Waals surface area (Å²) in [6.07, 6.45) is 4.72. The number of hydrogen-bond donors (Lipinski definition) is 1. The maximum Gasteiger partial charge on any atom is 0.255 e. The number of hydrogen-bond acceptors (Lipinski definition) is 4. The lowest BCUT2D eigenvalue weighted by Crippen LogP contribution is -2.28. The normalized spacial score (nSPS) is 17.5. The number of ether oxygens (including phenoxy) is 2. The third kappa shape index (κ3) is 5.87. The lowest BCUT2D eigenvalue weighted by Gasteiger charge is -2.31. The Morgan fingerprint density at radius 3 is 2.72 bits per heavy atom. The van der Waals surface area contributed by atoms with E-state index in [0.29, 0.717) is 24.1 Å². The highest BCUT2D eigenvalue weighted by Crippen LogP contribution is 2.36. The van der Waals surface area contributed by atoms with E-state index in [9.17, 15) is 4.79 Å². The zero-order chi connectivity index (χ0) is 20.6. The number of nitrogens with zero attached hydrogens (tertiary/aromatic N) is 1. The average molecular weight is 417 g/mol. The molecule has 0 unspecified atom stereocenters. The molecule has 1 aliphatic heterocycles. The second kappa shape index (κ2) is 10.5. The van der Waals surface area contributed by atoms with Crippen LogP contribution in [0.4, 0.5) is 0 Å². The highest BCUT2D eigenvalue weighted by molar-refractivity contribution is 6.31. The number of rotatable bonds is 8. The first-order valence-electron chi connectivity index (χ1n) is 10.2. The fraction of sp³-hybridized carbons (Fsp3) is 0.435. The van der Waals surface area contributed by atoms with E-state index in [4.69, 9.17) is 26.8 Å². The van der Waals surface area contributed by atoms with E-state index < -0.39 is 5.91 Å². The van der Waals surface area contributed by atoms with Crippen molar-refractivity contribution in [1.82, 2.24) is 4.90 Å². The van der Waals surface area contributed by atoms with Gasteiger partial charge in [-0.25, -0.2) is 0 Å². The Morgan fingerprint density at radius 2 is 1.97 bits per heavy atom. The van der Waals surface area contributed by atoms with Gasteiger partial charge < -0.3 is 15.2 Å². The van der Waals surface area contributed by atoms with Crippen LogP contribution in [0.3, 0.4) is 0 Å². The van der Waals surface area contributed by atoms with Crippen molar-refractivity contribution in [3.8, 4) is 11.5 Å². The fourth-order valence-electron chi connectivity index (χ4n) is 3.88. The zero-order valence-corrected chi connectivity index (χ0v) is 17.7. The van der Waals surface area contributed by atoms with Gasteiger partial charge in [0.05, 0.1) is 6.61 Å². The highest BCUT2D eigenvalue weighted by atomic mass is 35.5. The lowest BCUT2D eigenvalue weighted by molar-refractivity contribution is -0.119. The number of halogens is 1. The first-order valence-corrected chi connectivity index (χ1v) is 10.6. The summed E-state index contributed by atoms with van der Waals surface area (Å²) in [7, 11) is 0. The first-order chi connectivity index (χ1) is 14.1. The molecule has 2 aromatic rings. The van der Waals surface area contributed by atoms with Crippen molar-refractivity contribution < 1.29 is 14.3 Å². The summed E-state index contributed by atoms with van der Waals surface area (Å²) in [5.74, 6) is 0.659. The molecule has 0 saturated carbocycles. The van der Waals surface area contributed by atoms with Crippen LogP contribution >= 0.6 is 11.6 Å². The number of likely N-dealkylation sites (tertiary alicyclic amines) is 1. The molecule has 1 amide bonds. The molecule has 6 heteroatoms. The van der Waals surface area contributed by atoms with Crippen molar-refractivity contribution in [3.63, 3.8) is 0 Å². The maximum atomic E-state index is 11.0. The highest BCUT2D eigenvalue weighted by Gasteiger charge is 2.24. The predicted octanol–water partition coefficient (Wildman–Crippen LogP) is 4.72. The molecule has 29 heavy (non-hydrogen) atoms. The Kier molecular flexibility index (Phi) is 7.78. The molecule has 0 aromatic heterocycles. The fourth-order valence-corrected chi connectivity index (χ4v) is 4.14. The summed E-state index contributed by atoms with van der Waals surface area (Å²) in [6.45, 7) is 4.10. The van der Waals surface area contributed by atoms with Gasteiger partial charge >= 0.3 is 0 Å². The van der Waals surface area contributed by atoms with Crippen LogP contribution in [0.25, 0.3) is 0 Å². The van der Waals surface area contributed by atoms with Crippen molar-refractivity contribution in [2.75, 3.05) is 19.8 Å². The van der Waals surface area contributed by atoms with Crippen LogP contribution in [0.1, 0.15) is 49.8 Å². The summed E-state index contributed by atoms with van der Waals surface area (Å²) < 4.78 is 11.2. The SMILES string of the molecule is CCOc1cc(CN2CCCCC[C@H]2c2ccccc2Cl)ccc1OCC(N)=O. The van der Waals surface area contributed by atoms with E-state index in [1.54, 1.807) is 0 Å². The Hall–Kier alpha value is -2.24. The van der Waals surface area contributed by atoms with Crippen LogP contribution in [0.15, 0.2) is 42.5 Å². The van der Waals surface area contributed by atoms with Gasteiger partial charge in [0.15, 0.2) is 18.1 Å². The molecule has 156 valence electrons. The summed E-state index contributed by atoms with van der Waals surface area (Å²) >= 11 is 6.53. The van der Waals surface area contributed by atoms with Gasteiger partial charge in [0.25, 0.3) is 5.91 Å². The molecule has 1 saturated heterocycles. The predicted molar refractivity (Wildman–Crippen MR) is 115 cm³/mol. The van der Waals surface area contributed by atoms with Crippen molar-refractivity contribution in [1.29, 1.82) is 0 Å². The molecular formula is C23H29ClN2O3. The third-order valence-corrected chi connectivity index (χ3v) is 5.54. The van der Waals surface area contributed by atoms with E-state index in [1.807, 2.05) is 37.3 Å². The van der Waals surface area contributed by atoms with Gasteiger partial charge in [0.1, 0.15) is 0 Å². The summed E-state index contributed by atoms with van der Waals surface area (Å²) in [4.78, 5) is 13.5. The van der Waals surface area contributed by atoms with E-state index >= 15 is 0 Å². The van der Waals surface area contributed by atoms with Crippen LogP contribution < -0.4 is 15.2 Å². The van der Waals surface area contributed by atoms with Crippen LogP contribution in [-0.4, -0.2) is 30.6 Å². The smallest absolute Gasteiger partial charge is 0.255 e. The molecule has 0 aliphatic carbocycles. The third-order valence-electron chi connectivity index (χ3n) is 5.19. The standard InChI is InChI=1S/C23H29ClN2O3/c1-2-28-22-14-17(11-12-21(22)29-16-23(25)27)15-26-13-7-3-4-10-20(26)18-8-5-6-9-19(18)24/h5-6,8-9,11-12,14,20H,2-4,7,10,13,15-16H2,1H3,(H2,25,27)/t20-/m0/s1. The minimum atomic E-state index is -0.510. The quantitative estimate of drug-likeness (QED) is 0.676. The molecule has 1 aliphatic rings. The van der Waals surface area contributed by atoms with Crippen molar-refractivity contribution in [2.24, 2.45) is 5.73 Å². The Balaban J connectivity index is 1.82. The lowest BCUT2D eigenvalue weighted by atomic mass is 10.00. The molecule has 1 atom stereocenters. The number of carbonyl (C=O) groups excluding carboxylic acids is 1. The second-order valence-corrected chi connectivity index (χ2v) is 7.73. The van der Waals surface area contributed by atoms with E-state index in [-0.39, 0.29) is 6.61 Å². The van der Waals surface area contributed by atoms with Gasteiger partial charge in [-0.2, -0.15) is 0 Å². The Bertz CT molecular complexity index is 828. The Labute approximate surface area is 177 Å². The van der Waals surface area contributed by atoms with Crippen molar-refractivity contribution in [3.05, 3.63) is 58.6 Å². The second-order valence-electron chi connectivity index (χ2n) is 7.33. The molecule has 5 nitrogen and oxygen atoms in total. The molecular weight excluding hydrogens is 388 g/mol. The van der Waals surface area contributed by atoms with Gasteiger partial charge in [-0.05, 0) is 55.6 Å². The van der Waals surface area contributed by atoms with E-state index in [0.717, 1.165) is 30.1 Å². The van der Waals surface area contributed by atoms with E-state index in [1.165, 1.54) is 24.8 Å². The van der Waals surface area contributed by atoms with Crippen molar-refractivity contribution >= 4 is 17.5 Å². The number of benzene rings is 2. The molecule has 1 fully saturated rings. The van der Waals surface area contributed by atoms with Gasteiger partial charge in [-0.3, -0.25) is 9.69 Å². The summed E-state index contributed by atoms with van der Waals surface area (Å²) in [5, 5.41) is 0.828. The minimum Gasteiger partial charge on any atom is -0.490 e. The van der Waals surface area contributed by atoms with Crippen molar-refractivity contribution in [2.45, 2.75) is 45.2 Å². The molecule has 0 radical (unpaired) electrons. The minimum absolute atomic E-state index is 0.167. The molecule has 3 rings (SSSR count). The van der Waals surface area contributed by atoms with Crippen LogP contribution in [-0.2, 0) is 11.3 Å². The number of nitrogens with two attached hydrogens (primary N) is 1. The van der Waals surface area contributed by atoms with Gasteiger partial charge in [0, 0.05) is 17.6 Å². The Morgan fingerprint density at radius 1 is 1.14 bits per heavy atom. The average Bonchev–Trinajstić information content (AvgIpc) is 2.93.